The molecule has 2 heterocycles. The number of rotatable bonds is 4. The van der Waals surface area contributed by atoms with Gasteiger partial charge in [0.1, 0.15) is 24.9 Å². The van der Waals surface area contributed by atoms with E-state index in [4.69, 9.17) is 37.9 Å². The van der Waals surface area contributed by atoms with Crippen LogP contribution in [-0.4, -0.2) is 109 Å². The van der Waals surface area contributed by atoms with Crippen molar-refractivity contribution in [3.8, 4) is 0 Å². The molecule has 0 aromatic heterocycles. The Morgan fingerprint density at radius 3 is 2.10 bits per heavy atom. The SMILES string of the molecule is CO[C@H]1O[C@H](COC(C)=O)[C@@H](OC(C)=O)[C@@H]2OCCOCCNCCOCCO[C@@H]12. The first kappa shape index (κ1) is 24.9. The van der Waals surface area contributed by atoms with Gasteiger partial charge in [-0.25, -0.2) is 0 Å². The van der Waals surface area contributed by atoms with Gasteiger partial charge >= 0.3 is 11.9 Å². The predicted octanol–water partition coefficient (Wildman–Crippen LogP) is -0.741. The molecule has 2 rings (SSSR count). The first-order valence-electron chi connectivity index (χ1n) is 10.1. The second-order valence-electron chi connectivity index (χ2n) is 6.80. The number of carbonyl (C=O) groups is 2. The maximum absolute atomic E-state index is 11.8. The number of nitrogens with one attached hydrogen (secondary N) is 1. The van der Waals surface area contributed by atoms with Crippen molar-refractivity contribution in [2.45, 2.75) is 44.6 Å². The van der Waals surface area contributed by atoms with Gasteiger partial charge < -0.3 is 43.2 Å². The molecule has 0 aromatic carbocycles. The van der Waals surface area contributed by atoms with Crippen LogP contribution in [0.5, 0.6) is 0 Å². The molecule has 30 heavy (non-hydrogen) atoms. The molecule has 0 unspecified atom stereocenters. The first-order chi connectivity index (χ1) is 14.5. The molecule has 2 saturated heterocycles. The summed E-state index contributed by atoms with van der Waals surface area (Å²) in [6.45, 7) is 6.17. The van der Waals surface area contributed by atoms with Crippen LogP contribution >= 0.6 is 0 Å². The smallest absolute Gasteiger partial charge is 0.303 e. The van der Waals surface area contributed by atoms with Gasteiger partial charge in [0.15, 0.2) is 12.4 Å². The molecule has 174 valence electrons. The lowest BCUT2D eigenvalue weighted by atomic mass is 9.98. The van der Waals surface area contributed by atoms with Crippen molar-refractivity contribution in [1.29, 1.82) is 0 Å². The zero-order chi connectivity index (χ0) is 21.8. The van der Waals surface area contributed by atoms with Crippen molar-refractivity contribution < 1.29 is 47.5 Å². The number of fused-ring (bicyclic) bond motifs is 1. The zero-order valence-electron chi connectivity index (χ0n) is 17.8. The Labute approximate surface area is 176 Å². The standard InChI is InChI=1S/C19H33NO10/c1-13(21)28-12-15-16(29-14(2)22)17-18(19(23-3)30-15)27-11-9-25-7-5-20-4-6-24-8-10-26-17/h15-20H,4-12H2,1-3H3/t15-,16-,17+,18-,19+/m1/s1. The summed E-state index contributed by atoms with van der Waals surface area (Å²) in [7, 11) is 1.47. The Balaban J connectivity index is 2.17. The predicted molar refractivity (Wildman–Crippen MR) is 102 cm³/mol. The van der Waals surface area contributed by atoms with Crippen molar-refractivity contribution >= 4 is 11.9 Å². The molecule has 0 radical (unpaired) electrons. The summed E-state index contributed by atoms with van der Waals surface area (Å²) in [4.78, 5) is 23.0. The molecule has 5 atom stereocenters. The maximum Gasteiger partial charge on any atom is 0.303 e. The Bertz CT molecular complexity index is 520. The highest BCUT2D eigenvalue weighted by molar-refractivity contribution is 5.66. The Kier molecular flexibility index (Phi) is 11.5. The van der Waals surface area contributed by atoms with E-state index in [9.17, 15) is 9.59 Å². The Morgan fingerprint density at radius 1 is 0.900 bits per heavy atom. The Morgan fingerprint density at radius 2 is 1.53 bits per heavy atom. The molecule has 0 spiro atoms. The fraction of sp³-hybridized carbons (Fsp3) is 0.895. The molecule has 0 saturated carbocycles. The van der Waals surface area contributed by atoms with Crippen molar-refractivity contribution in [2.24, 2.45) is 0 Å². The monoisotopic (exact) mass is 435 g/mol. The number of carbonyl (C=O) groups excluding carboxylic acids is 2. The molecule has 0 aliphatic carbocycles. The lowest BCUT2D eigenvalue weighted by Crippen LogP contribution is -2.62. The van der Waals surface area contributed by atoms with E-state index < -0.39 is 42.6 Å². The molecule has 11 heteroatoms. The summed E-state index contributed by atoms with van der Waals surface area (Å²) in [6.07, 6.45) is -3.88. The maximum atomic E-state index is 11.8. The summed E-state index contributed by atoms with van der Waals surface area (Å²) < 4.78 is 45.0. The number of ether oxygens (including phenoxy) is 8. The van der Waals surface area contributed by atoms with Crippen LogP contribution in [0.25, 0.3) is 0 Å². The van der Waals surface area contributed by atoms with Gasteiger partial charge in [0.25, 0.3) is 0 Å². The zero-order valence-corrected chi connectivity index (χ0v) is 17.8. The second kappa shape index (κ2) is 13.9. The van der Waals surface area contributed by atoms with E-state index in [0.717, 1.165) is 0 Å². The topological polar surface area (TPSA) is 120 Å². The van der Waals surface area contributed by atoms with Crippen LogP contribution in [0.15, 0.2) is 0 Å². The van der Waals surface area contributed by atoms with Crippen LogP contribution in [0, 0.1) is 0 Å². The molecular formula is C19H33NO10. The molecule has 1 N–H and O–H groups in total. The third-order valence-corrected chi connectivity index (χ3v) is 4.50. The van der Waals surface area contributed by atoms with Crippen LogP contribution in [0.4, 0.5) is 0 Å². The van der Waals surface area contributed by atoms with Gasteiger partial charge in [-0.05, 0) is 0 Å². The third kappa shape index (κ3) is 8.42. The van der Waals surface area contributed by atoms with E-state index in [1.165, 1.54) is 21.0 Å². The van der Waals surface area contributed by atoms with Crippen molar-refractivity contribution in [3.63, 3.8) is 0 Å². The van der Waals surface area contributed by atoms with Gasteiger partial charge in [-0.15, -0.1) is 0 Å². The summed E-state index contributed by atoms with van der Waals surface area (Å²) >= 11 is 0. The van der Waals surface area contributed by atoms with Crippen LogP contribution in [0.3, 0.4) is 0 Å². The molecule has 2 aliphatic heterocycles. The second-order valence-corrected chi connectivity index (χ2v) is 6.80. The average molecular weight is 435 g/mol. The lowest BCUT2D eigenvalue weighted by Gasteiger charge is -2.44. The summed E-state index contributed by atoms with van der Waals surface area (Å²) in [5.74, 6) is -0.995. The van der Waals surface area contributed by atoms with E-state index >= 15 is 0 Å². The van der Waals surface area contributed by atoms with Gasteiger partial charge in [0.2, 0.25) is 0 Å². The van der Waals surface area contributed by atoms with Crippen LogP contribution in [-0.2, 0) is 47.5 Å². The minimum absolute atomic E-state index is 0.120. The van der Waals surface area contributed by atoms with E-state index in [2.05, 4.69) is 5.32 Å². The van der Waals surface area contributed by atoms with E-state index in [0.29, 0.717) is 39.5 Å². The quantitative estimate of drug-likeness (QED) is 0.562. The highest BCUT2D eigenvalue weighted by atomic mass is 16.7. The van der Waals surface area contributed by atoms with Crippen LogP contribution in [0.1, 0.15) is 13.8 Å². The lowest BCUT2D eigenvalue weighted by molar-refractivity contribution is -0.314. The molecule has 11 nitrogen and oxygen atoms in total. The van der Waals surface area contributed by atoms with E-state index in [-0.39, 0.29) is 19.8 Å². The third-order valence-electron chi connectivity index (χ3n) is 4.50. The van der Waals surface area contributed by atoms with Gasteiger partial charge in [0.05, 0.1) is 39.6 Å². The van der Waals surface area contributed by atoms with Gasteiger partial charge in [-0.1, -0.05) is 0 Å². The van der Waals surface area contributed by atoms with Crippen molar-refractivity contribution in [3.05, 3.63) is 0 Å². The molecule has 0 aromatic rings. The minimum atomic E-state index is -0.864. The fourth-order valence-corrected chi connectivity index (χ4v) is 3.21. The largest absolute Gasteiger partial charge is 0.463 e. The number of methoxy groups -OCH3 is 1. The van der Waals surface area contributed by atoms with Gasteiger partial charge in [0, 0.05) is 34.0 Å². The molecule has 2 fully saturated rings. The van der Waals surface area contributed by atoms with Gasteiger partial charge in [-0.2, -0.15) is 0 Å². The van der Waals surface area contributed by atoms with Crippen LogP contribution < -0.4 is 5.32 Å². The normalized spacial score (nSPS) is 32.2. The fourth-order valence-electron chi connectivity index (χ4n) is 3.21. The highest BCUT2D eigenvalue weighted by Crippen LogP contribution is 2.29. The van der Waals surface area contributed by atoms with Gasteiger partial charge in [-0.3, -0.25) is 9.59 Å². The number of esters is 2. The molecule has 0 amide bonds. The summed E-state index contributed by atoms with van der Waals surface area (Å²) in [5, 5.41) is 3.21. The molecule has 2 aliphatic rings. The average Bonchev–Trinajstić information content (AvgIpc) is 2.71. The molecule has 0 bridgehead atoms. The van der Waals surface area contributed by atoms with E-state index in [1.54, 1.807) is 0 Å². The number of hydrogen-bond acceptors (Lipinski definition) is 11. The minimum Gasteiger partial charge on any atom is -0.463 e. The Hall–Kier alpha value is -1.34. The summed E-state index contributed by atoms with van der Waals surface area (Å²) in [6, 6.07) is 0. The first-order valence-corrected chi connectivity index (χ1v) is 10.1. The van der Waals surface area contributed by atoms with Crippen LogP contribution in [0.2, 0.25) is 0 Å². The van der Waals surface area contributed by atoms with E-state index in [1.807, 2.05) is 0 Å². The van der Waals surface area contributed by atoms with Crippen molar-refractivity contribution in [1.82, 2.24) is 5.32 Å². The highest BCUT2D eigenvalue weighted by Gasteiger charge is 2.50. The molecular weight excluding hydrogens is 402 g/mol. The summed E-state index contributed by atoms with van der Waals surface area (Å²) in [5.41, 5.74) is 0. The van der Waals surface area contributed by atoms with Crippen molar-refractivity contribution in [2.75, 3.05) is 66.4 Å². The number of hydrogen-bond donors (Lipinski definition) is 1.